The number of rotatable bonds is 4. The van der Waals surface area contributed by atoms with Gasteiger partial charge in [-0.25, -0.2) is 8.78 Å². The molecule has 0 radical (unpaired) electrons. The van der Waals surface area contributed by atoms with Crippen molar-refractivity contribution >= 4 is 11.6 Å². The van der Waals surface area contributed by atoms with Crippen molar-refractivity contribution in [1.29, 1.82) is 0 Å². The van der Waals surface area contributed by atoms with Gasteiger partial charge in [0, 0.05) is 12.6 Å². The Labute approximate surface area is 116 Å². The summed E-state index contributed by atoms with van der Waals surface area (Å²) in [6, 6.07) is 11.1. The molecular weight excluding hydrogens is 268 g/mol. The van der Waals surface area contributed by atoms with E-state index in [-0.39, 0.29) is 16.9 Å². The lowest BCUT2D eigenvalue weighted by Crippen LogP contribution is -2.18. The molecule has 1 atom stereocenters. The number of hydrogen-bond acceptors (Lipinski definition) is 1. The van der Waals surface area contributed by atoms with Crippen LogP contribution >= 0.6 is 11.6 Å². The molecule has 2 aromatic rings. The van der Waals surface area contributed by atoms with Crippen molar-refractivity contribution in [3.63, 3.8) is 0 Å². The molecule has 2 rings (SSSR count). The molecule has 0 saturated carbocycles. The van der Waals surface area contributed by atoms with Gasteiger partial charge in [0.25, 0.3) is 0 Å². The van der Waals surface area contributed by atoms with Crippen LogP contribution < -0.4 is 5.32 Å². The molecule has 0 aliphatic carbocycles. The first-order chi connectivity index (χ1) is 9.06. The second-order valence-electron chi connectivity index (χ2n) is 4.40. The molecule has 0 bridgehead atoms. The quantitative estimate of drug-likeness (QED) is 0.872. The Balaban J connectivity index is 1.98. The topological polar surface area (TPSA) is 12.0 Å². The highest BCUT2D eigenvalue weighted by molar-refractivity contribution is 6.30. The summed E-state index contributed by atoms with van der Waals surface area (Å²) in [5.41, 5.74) is 1.90. The Hall–Kier alpha value is -1.45. The minimum Gasteiger partial charge on any atom is -0.306 e. The van der Waals surface area contributed by atoms with Gasteiger partial charge in [0.05, 0.1) is 5.02 Å². The molecule has 19 heavy (non-hydrogen) atoms. The van der Waals surface area contributed by atoms with Crippen molar-refractivity contribution in [3.8, 4) is 0 Å². The summed E-state index contributed by atoms with van der Waals surface area (Å²) >= 11 is 5.72. The molecule has 0 amide bonds. The maximum atomic E-state index is 13.0. The van der Waals surface area contributed by atoms with E-state index in [9.17, 15) is 8.78 Å². The fraction of sp³-hybridized carbons (Fsp3) is 0.200. The van der Waals surface area contributed by atoms with Crippen LogP contribution in [0.15, 0.2) is 42.5 Å². The van der Waals surface area contributed by atoms with Gasteiger partial charge in [-0.2, -0.15) is 0 Å². The van der Waals surface area contributed by atoms with Gasteiger partial charge in [0.15, 0.2) is 0 Å². The summed E-state index contributed by atoms with van der Waals surface area (Å²) in [5.74, 6) is -0.668. The molecule has 1 nitrogen and oxygen atoms in total. The van der Waals surface area contributed by atoms with Gasteiger partial charge in [0.2, 0.25) is 0 Å². The average Bonchev–Trinajstić information content (AvgIpc) is 2.40. The smallest absolute Gasteiger partial charge is 0.141 e. The van der Waals surface area contributed by atoms with E-state index in [4.69, 9.17) is 11.6 Å². The maximum absolute atomic E-state index is 13.0. The SMILES string of the molecule is C[C@@H](NCc1ccc(F)c(Cl)c1)c1ccc(F)cc1. The van der Waals surface area contributed by atoms with Gasteiger partial charge in [-0.3, -0.25) is 0 Å². The Morgan fingerprint density at radius 1 is 1.11 bits per heavy atom. The lowest BCUT2D eigenvalue weighted by Gasteiger charge is -2.14. The van der Waals surface area contributed by atoms with Crippen molar-refractivity contribution in [1.82, 2.24) is 5.32 Å². The van der Waals surface area contributed by atoms with Crippen molar-refractivity contribution in [2.75, 3.05) is 0 Å². The van der Waals surface area contributed by atoms with Crippen LogP contribution in [0, 0.1) is 11.6 Å². The highest BCUT2D eigenvalue weighted by Crippen LogP contribution is 2.17. The van der Waals surface area contributed by atoms with Gasteiger partial charge in [-0.1, -0.05) is 29.8 Å². The second-order valence-corrected chi connectivity index (χ2v) is 4.81. The molecule has 1 N–H and O–H groups in total. The highest BCUT2D eigenvalue weighted by Gasteiger charge is 2.06. The van der Waals surface area contributed by atoms with Crippen LogP contribution in [-0.2, 0) is 6.54 Å². The zero-order chi connectivity index (χ0) is 13.8. The number of nitrogens with one attached hydrogen (secondary N) is 1. The summed E-state index contributed by atoms with van der Waals surface area (Å²) in [7, 11) is 0. The van der Waals surface area contributed by atoms with Gasteiger partial charge in [-0.15, -0.1) is 0 Å². The molecule has 0 heterocycles. The lowest BCUT2D eigenvalue weighted by atomic mass is 10.1. The zero-order valence-electron chi connectivity index (χ0n) is 10.5. The van der Waals surface area contributed by atoms with Crippen molar-refractivity contribution in [2.45, 2.75) is 19.5 Å². The standard InChI is InChI=1S/C15H14ClF2N/c1-10(12-3-5-13(17)6-4-12)19-9-11-2-7-15(18)14(16)8-11/h2-8,10,19H,9H2,1H3/t10-/m1/s1. The van der Waals surface area contributed by atoms with E-state index >= 15 is 0 Å². The van der Waals surface area contributed by atoms with E-state index in [1.54, 1.807) is 24.3 Å². The van der Waals surface area contributed by atoms with Crippen LogP contribution in [-0.4, -0.2) is 0 Å². The van der Waals surface area contributed by atoms with Crippen LogP contribution in [0.5, 0.6) is 0 Å². The summed E-state index contributed by atoms with van der Waals surface area (Å²) in [6.45, 7) is 2.55. The number of halogens is 3. The van der Waals surface area contributed by atoms with Crippen LogP contribution in [0.2, 0.25) is 5.02 Å². The fourth-order valence-electron chi connectivity index (χ4n) is 1.79. The van der Waals surface area contributed by atoms with Crippen molar-refractivity contribution < 1.29 is 8.78 Å². The van der Waals surface area contributed by atoms with E-state index < -0.39 is 5.82 Å². The average molecular weight is 282 g/mol. The van der Waals surface area contributed by atoms with Gasteiger partial charge in [-0.05, 0) is 42.3 Å². The molecule has 2 aromatic carbocycles. The Kier molecular flexibility index (Phi) is 4.51. The second kappa shape index (κ2) is 6.13. The summed E-state index contributed by atoms with van der Waals surface area (Å²) in [6.07, 6.45) is 0. The third-order valence-corrected chi connectivity index (χ3v) is 3.26. The van der Waals surface area contributed by atoms with Crippen LogP contribution in [0.25, 0.3) is 0 Å². The van der Waals surface area contributed by atoms with Gasteiger partial charge >= 0.3 is 0 Å². The van der Waals surface area contributed by atoms with Crippen molar-refractivity contribution in [2.24, 2.45) is 0 Å². The van der Waals surface area contributed by atoms with E-state index in [0.29, 0.717) is 6.54 Å². The van der Waals surface area contributed by atoms with Crippen molar-refractivity contribution in [3.05, 3.63) is 70.2 Å². The predicted octanol–water partition coefficient (Wildman–Crippen LogP) is 4.47. The Morgan fingerprint density at radius 2 is 1.79 bits per heavy atom. The molecular formula is C15H14ClF2N. The molecule has 0 aliphatic heterocycles. The van der Waals surface area contributed by atoms with E-state index in [1.807, 2.05) is 6.92 Å². The maximum Gasteiger partial charge on any atom is 0.141 e. The van der Waals surface area contributed by atoms with E-state index in [1.165, 1.54) is 18.2 Å². The molecule has 100 valence electrons. The molecule has 0 spiro atoms. The predicted molar refractivity (Wildman–Crippen MR) is 73.1 cm³/mol. The Bertz CT molecular complexity index is 555. The monoisotopic (exact) mass is 281 g/mol. The largest absolute Gasteiger partial charge is 0.306 e. The minimum absolute atomic E-state index is 0.0735. The molecule has 0 aromatic heterocycles. The first-order valence-electron chi connectivity index (χ1n) is 5.99. The number of hydrogen-bond donors (Lipinski definition) is 1. The number of benzene rings is 2. The van der Waals surface area contributed by atoms with Gasteiger partial charge < -0.3 is 5.32 Å². The summed E-state index contributed by atoms with van der Waals surface area (Å²) < 4.78 is 25.8. The van der Waals surface area contributed by atoms with Crippen LogP contribution in [0.3, 0.4) is 0 Å². The third kappa shape index (κ3) is 3.75. The molecule has 0 fully saturated rings. The normalized spacial score (nSPS) is 12.4. The third-order valence-electron chi connectivity index (χ3n) is 2.97. The zero-order valence-corrected chi connectivity index (χ0v) is 11.2. The molecule has 0 unspecified atom stereocenters. The fourth-order valence-corrected chi connectivity index (χ4v) is 1.99. The summed E-state index contributed by atoms with van der Waals surface area (Å²) in [4.78, 5) is 0. The molecule has 0 aliphatic rings. The highest BCUT2D eigenvalue weighted by atomic mass is 35.5. The lowest BCUT2D eigenvalue weighted by molar-refractivity contribution is 0.569. The minimum atomic E-state index is -0.419. The van der Waals surface area contributed by atoms with E-state index in [2.05, 4.69) is 5.32 Å². The van der Waals surface area contributed by atoms with Crippen LogP contribution in [0.4, 0.5) is 8.78 Å². The first-order valence-corrected chi connectivity index (χ1v) is 6.37. The first kappa shape index (κ1) is 14.0. The molecule has 0 saturated heterocycles. The Morgan fingerprint density at radius 3 is 2.42 bits per heavy atom. The van der Waals surface area contributed by atoms with Crippen LogP contribution in [0.1, 0.15) is 24.1 Å². The van der Waals surface area contributed by atoms with Gasteiger partial charge in [0.1, 0.15) is 11.6 Å². The molecule has 4 heteroatoms. The van der Waals surface area contributed by atoms with E-state index in [0.717, 1.165) is 11.1 Å². The summed E-state index contributed by atoms with van der Waals surface area (Å²) in [5, 5.41) is 3.40.